The fourth-order valence-corrected chi connectivity index (χ4v) is 2.42. The summed E-state index contributed by atoms with van der Waals surface area (Å²) in [5, 5.41) is 12.8. The lowest BCUT2D eigenvalue weighted by Gasteiger charge is -2.11. The molecule has 0 saturated carbocycles. The first-order chi connectivity index (χ1) is 8.61. The zero-order chi connectivity index (χ0) is 13.1. The molecule has 0 aliphatic heterocycles. The molecule has 0 amide bonds. The summed E-state index contributed by atoms with van der Waals surface area (Å²) in [7, 11) is 0. The summed E-state index contributed by atoms with van der Waals surface area (Å²) in [6.45, 7) is 2.02. The summed E-state index contributed by atoms with van der Waals surface area (Å²) in [5.74, 6) is 0. The molecule has 0 bridgehead atoms. The van der Waals surface area contributed by atoms with Gasteiger partial charge < -0.3 is 5.32 Å². The second-order valence-corrected chi connectivity index (χ2v) is 5.14. The molecule has 0 heterocycles. The molecule has 0 fully saturated rings. The zero-order valence-electron chi connectivity index (χ0n) is 9.67. The molecule has 4 heteroatoms. The van der Waals surface area contributed by atoms with Crippen LogP contribution >= 0.6 is 27.5 Å². The minimum absolute atomic E-state index is 0.450. The molecule has 90 valence electrons. The van der Waals surface area contributed by atoms with Gasteiger partial charge in [0.05, 0.1) is 22.0 Å². The fourth-order valence-electron chi connectivity index (χ4n) is 1.61. The van der Waals surface area contributed by atoms with Gasteiger partial charge in [0.25, 0.3) is 0 Å². The number of anilines is 2. The Kier molecular flexibility index (Phi) is 3.90. The topological polar surface area (TPSA) is 35.8 Å². The number of hydrogen-bond donors (Lipinski definition) is 1. The summed E-state index contributed by atoms with van der Waals surface area (Å²) < 4.78 is 0.950. The van der Waals surface area contributed by atoms with Crippen molar-refractivity contribution in [2.75, 3.05) is 5.32 Å². The highest BCUT2D eigenvalue weighted by atomic mass is 79.9. The van der Waals surface area contributed by atoms with Crippen LogP contribution in [0.25, 0.3) is 0 Å². The third-order valence-corrected chi connectivity index (χ3v) is 3.49. The van der Waals surface area contributed by atoms with E-state index in [-0.39, 0.29) is 0 Å². The SMILES string of the molecule is Cc1ccc(Nc2cccc(Cl)c2C#N)c(Br)c1. The van der Waals surface area contributed by atoms with Crippen LogP contribution in [0.1, 0.15) is 11.1 Å². The molecule has 0 radical (unpaired) electrons. The van der Waals surface area contributed by atoms with Gasteiger partial charge in [0, 0.05) is 4.47 Å². The molecule has 2 rings (SSSR count). The van der Waals surface area contributed by atoms with Crippen LogP contribution in [-0.4, -0.2) is 0 Å². The highest BCUT2D eigenvalue weighted by Crippen LogP contribution is 2.30. The van der Waals surface area contributed by atoms with Gasteiger partial charge >= 0.3 is 0 Å². The van der Waals surface area contributed by atoms with Crippen LogP contribution in [0.3, 0.4) is 0 Å². The van der Waals surface area contributed by atoms with Gasteiger partial charge in [0.2, 0.25) is 0 Å². The van der Waals surface area contributed by atoms with E-state index in [1.165, 1.54) is 5.56 Å². The number of nitrogens with zero attached hydrogens (tertiary/aromatic N) is 1. The molecule has 0 aliphatic rings. The van der Waals surface area contributed by atoms with Gasteiger partial charge in [-0.2, -0.15) is 5.26 Å². The van der Waals surface area contributed by atoms with Crippen LogP contribution in [0.5, 0.6) is 0 Å². The van der Waals surface area contributed by atoms with Crippen LogP contribution in [0, 0.1) is 18.3 Å². The van der Waals surface area contributed by atoms with Crippen molar-refractivity contribution in [3.63, 3.8) is 0 Å². The summed E-state index contributed by atoms with van der Waals surface area (Å²) in [6.07, 6.45) is 0. The first kappa shape index (κ1) is 12.9. The molecule has 0 aliphatic carbocycles. The van der Waals surface area contributed by atoms with Gasteiger partial charge in [-0.1, -0.05) is 23.7 Å². The zero-order valence-corrected chi connectivity index (χ0v) is 12.0. The minimum Gasteiger partial charge on any atom is -0.353 e. The minimum atomic E-state index is 0.450. The van der Waals surface area contributed by atoms with Crippen molar-refractivity contribution in [2.24, 2.45) is 0 Å². The Hall–Kier alpha value is -1.50. The van der Waals surface area contributed by atoms with Crippen molar-refractivity contribution < 1.29 is 0 Å². The number of rotatable bonds is 2. The van der Waals surface area contributed by atoms with Crippen LogP contribution in [0.4, 0.5) is 11.4 Å². The standard InChI is InChI=1S/C14H10BrClN2/c1-9-5-6-14(11(15)7-9)18-13-4-2-3-12(16)10(13)8-17/h2-7,18H,1H3. The van der Waals surface area contributed by atoms with Gasteiger partial charge in [0.15, 0.2) is 0 Å². The lowest BCUT2D eigenvalue weighted by molar-refractivity contribution is 1.42. The predicted molar refractivity (Wildman–Crippen MR) is 78.3 cm³/mol. The summed E-state index contributed by atoms with van der Waals surface area (Å²) in [4.78, 5) is 0. The Morgan fingerprint density at radius 1 is 1.22 bits per heavy atom. The first-order valence-corrected chi connectivity index (χ1v) is 6.50. The van der Waals surface area contributed by atoms with E-state index in [0.717, 1.165) is 10.2 Å². The van der Waals surface area contributed by atoms with E-state index in [9.17, 15) is 0 Å². The van der Waals surface area contributed by atoms with Crippen molar-refractivity contribution in [1.29, 1.82) is 5.26 Å². The number of halogens is 2. The third-order valence-electron chi connectivity index (χ3n) is 2.52. The average molecular weight is 322 g/mol. The molecule has 2 nitrogen and oxygen atoms in total. The maximum absolute atomic E-state index is 9.10. The molecular formula is C14H10BrClN2. The Bertz CT molecular complexity index is 632. The Morgan fingerprint density at radius 2 is 2.00 bits per heavy atom. The lowest BCUT2D eigenvalue weighted by atomic mass is 10.1. The number of benzene rings is 2. The molecule has 2 aromatic carbocycles. The lowest BCUT2D eigenvalue weighted by Crippen LogP contribution is -1.95. The molecule has 0 unspecified atom stereocenters. The fraction of sp³-hybridized carbons (Fsp3) is 0.0714. The van der Waals surface area contributed by atoms with E-state index in [0.29, 0.717) is 16.3 Å². The molecule has 2 aromatic rings. The van der Waals surface area contributed by atoms with E-state index in [2.05, 4.69) is 27.3 Å². The van der Waals surface area contributed by atoms with E-state index in [1.54, 1.807) is 6.07 Å². The highest BCUT2D eigenvalue weighted by molar-refractivity contribution is 9.10. The summed E-state index contributed by atoms with van der Waals surface area (Å²) in [6, 6.07) is 13.4. The molecule has 0 spiro atoms. The van der Waals surface area contributed by atoms with Crippen molar-refractivity contribution in [2.45, 2.75) is 6.92 Å². The van der Waals surface area contributed by atoms with Crippen LogP contribution in [0.15, 0.2) is 40.9 Å². The maximum Gasteiger partial charge on any atom is 0.103 e. The monoisotopic (exact) mass is 320 g/mol. The quantitative estimate of drug-likeness (QED) is 0.842. The highest BCUT2D eigenvalue weighted by Gasteiger charge is 2.08. The average Bonchev–Trinajstić information content (AvgIpc) is 2.33. The van der Waals surface area contributed by atoms with Crippen LogP contribution in [-0.2, 0) is 0 Å². The number of nitriles is 1. The molecule has 0 aromatic heterocycles. The van der Waals surface area contributed by atoms with Gasteiger partial charge in [-0.3, -0.25) is 0 Å². The molecule has 0 atom stereocenters. The van der Waals surface area contributed by atoms with Crippen molar-refractivity contribution in [1.82, 2.24) is 0 Å². The number of hydrogen-bond acceptors (Lipinski definition) is 2. The molecular weight excluding hydrogens is 312 g/mol. The second-order valence-electron chi connectivity index (χ2n) is 3.88. The number of aryl methyl sites for hydroxylation is 1. The maximum atomic E-state index is 9.10. The van der Waals surface area contributed by atoms with E-state index >= 15 is 0 Å². The Morgan fingerprint density at radius 3 is 2.67 bits per heavy atom. The number of nitrogens with one attached hydrogen (secondary N) is 1. The summed E-state index contributed by atoms with van der Waals surface area (Å²) in [5.41, 5.74) is 3.22. The van der Waals surface area contributed by atoms with E-state index < -0.39 is 0 Å². The van der Waals surface area contributed by atoms with Gasteiger partial charge in [0.1, 0.15) is 6.07 Å². The molecule has 0 saturated heterocycles. The van der Waals surface area contributed by atoms with E-state index in [1.807, 2.05) is 37.3 Å². The van der Waals surface area contributed by atoms with Gasteiger partial charge in [-0.15, -0.1) is 0 Å². The van der Waals surface area contributed by atoms with Gasteiger partial charge in [-0.25, -0.2) is 0 Å². The second kappa shape index (κ2) is 5.43. The first-order valence-electron chi connectivity index (χ1n) is 5.33. The van der Waals surface area contributed by atoms with Gasteiger partial charge in [-0.05, 0) is 52.7 Å². The molecule has 18 heavy (non-hydrogen) atoms. The normalized spacial score (nSPS) is 9.89. The van der Waals surface area contributed by atoms with Crippen LogP contribution in [0.2, 0.25) is 5.02 Å². The Labute approximate surface area is 119 Å². The van der Waals surface area contributed by atoms with Crippen molar-refractivity contribution in [3.05, 3.63) is 57.0 Å². The predicted octanol–water partition coefficient (Wildman–Crippen LogP) is 5.03. The smallest absolute Gasteiger partial charge is 0.103 e. The Balaban J connectivity index is 2.41. The molecule has 1 N–H and O–H groups in total. The van der Waals surface area contributed by atoms with Crippen LogP contribution < -0.4 is 5.32 Å². The third kappa shape index (κ3) is 2.66. The summed E-state index contributed by atoms with van der Waals surface area (Å²) >= 11 is 9.48. The van der Waals surface area contributed by atoms with Crippen molar-refractivity contribution in [3.8, 4) is 6.07 Å². The largest absolute Gasteiger partial charge is 0.353 e. The van der Waals surface area contributed by atoms with Crippen molar-refractivity contribution >= 4 is 38.9 Å². The van der Waals surface area contributed by atoms with E-state index in [4.69, 9.17) is 16.9 Å².